The third-order valence-electron chi connectivity index (χ3n) is 5.28. The highest BCUT2D eigenvalue weighted by atomic mass is 19.1. The third kappa shape index (κ3) is 3.84. The number of nitrogens with zero attached hydrogens (tertiary/aromatic N) is 2. The Morgan fingerprint density at radius 2 is 1.71 bits per heavy atom. The van der Waals surface area contributed by atoms with Crippen LogP contribution in [-0.4, -0.2) is 10.8 Å². The van der Waals surface area contributed by atoms with Crippen LogP contribution in [0.25, 0.3) is 16.7 Å². The predicted molar refractivity (Wildman–Crippen MR) is 121 cm³/mol. The number of aliphatic imine (C=N–C) groups is 1. The minimum atomic E-state index is -0.701. The summed E-state index contributed by atoms with van der Waals surface area (Å²) in [5.41, 5.74) is 12.1. The summed E-state index contributed by atoms with van der Waals surface area (Å²) < 4.78 is 29.1. The molecule has 0 saturated heterocycles. The Morgan fingerprint density at radius 3 is 2.35 bits per heavy atom. The number of halogens is 2. The Morgan fingerprint density at radius 1 is 1.00 bits per heavy atom. The fourth-order valence-corrected chi connectivity index (χ4v) is 3.52. The minimum Gasteiger partial charge on any atom is -0.397 e. The van der Waals surface area contributed by atoms with Crippen molar-refractivity contribution in [2.45, 2.75) is 20.8 Å². The van der Waals surface area contributed by atoms with E-state index in [0.29, 0.717) is 17.1 Å². The molecule has 2 heterocycles. The zero-order chi connectivity index (χ0) is 22.1. The molecule has 1 aliphatic rings. The molecule has 156 valence electrons. The van der Waals surface area contributed by atoms with E-state index in [9.17, 15) is 8.78 Å². The molecule has 3 N–H and O–H groups in total. The van der Waals surface area contributed by atoms with E-state index >= 15 is 0 Å². The molecule has 0 radical (unpaired) electrons. The van der Waals surface area contributed by atoms with Crippen molar-refractivity contribution < 1.29 is 8.78 Å². The van der Waals surface area contributed by atoms with Gasteiger partial charge in [0.05, 0.1) is 17.0 Å². The van der Waals surface area contributed by atoms with Crippen molar-refractivity contribution >= 4 is 17.1 Å². The zero-order valence-corrected chi connectivity index (χ0v) is 17.5. The summed E-state index contributed by atoms with van der Waals surface area (Å²) in [5, 5.41) is 3.11. The lowest BCUT2D eigenvalue weighted by Crippen LogP contribution is -2.18. The molecule has 6 heteroatoms. The standard InChI is InChI=1S/C25H22F2N4/c1-4-21(28)24-15(3)18-12-16(17-9-8-14(2)29-13-17)10-11-22(18)30-25(31-24)23-19(26)6-5-7-20(23)27/h4-13H,28H2,1-3H3,(H,30,31)/b21-4+. The van der Waals surface area contributed by atoms with Crippen LogP contribution in [0.1, 0.15) is 30.7 Å². The number of anilines is 1. The molecule has 4 nitrogen and oxygen atoms in total. The number of hydrogen-bond donors (Lipinski definition) is 2. The van der Waals surface area contributed by atoms with Crippen LogP contribution in [0.3, 0.4) is 0 Å². The summed E-state index contributed by atoms with van der Waals surface area (Å²) in [6.45, 7) is 5.63. The Labute approximate surface area is 179 Å². The first-order chi connectivity index (χ1) is 14.9. The number of allylic oxidation sites excluding steroid dienone is 2. The second-order valence-electron chi connectivity index (χ2n) is 7.35. The first-order valence-corrected chi connectivity index (χ1v) is 9.89. The van der Waals surface area contributed by atoms with E-state index in [0.717, 1.165) is 28.0 Å². The normalized spacial score (nSPS) is 14.0. The maximum Gasteiger partial charge on any atom is 0.144 e. The van der Waals surface area contributed by atoms with E-state index in [2.05, 4.69) is 15.3 Å². The number of aryl methyl sites for hydroxylation is 1. The third-order valence-corrected chi connectivity index (χ3v) is 5.28. The van der Waals surface area contributed by atoms with E-state index in [1.54, 1.807) is 13.0 Å². The minimum absolute atomic E-state index is 0.0678. The van der Waals surface area contributed by atoms with Gasteiger partial charge in [0.15, 0.2) is 0 Å². The summed E-state index contributed by atoms with van der Waals surface area (Å²) >= 11 is 0. The van der Waals surface area contributed by atoms with Crippen LogP contribution in [0, 0.1) is 18.6 Å². The Hall–Kier alpha value is -3.80. The molecule has 2 aromatic carbocycles. The topological polar surface area (TPSA) is 63.3 Å². The van der Waals surface area contributed by atoms with Gasteiger partial charge >= 0.3 is 0 Å². The molecule has 3 aromatic rings. The average Bonchev–Trinajstić information content (AvgIpc) is 2.90. The molecule has 31 heavy (non-hydrogen) atoms. The number of nitrogens with two attached hydrogens (primary N) is 1. The number of rotatable bonds is 3. The molecule has 4 rings (SSSR count). The van der Waals surface area contributed by atoms with Gasteiger partial charge in [0, 0.05) is 28.7 Å². The highest BCUT2D eigenvalue weighted by Gasteiger charge is 2.23. The first-order valence-electron chi connectivity index (χ1n) is 9.89. The molecule has 0 saturated carbocycles. The number of aromatic nitrogens is 1. The SMILES string of the molecule is C/C=C(/N)C1=C(C)c2cc(-c3ccc(C)nc3)ccc2NC(c2c(F)cccc2F)=N1. The van der Waals surface area contributed by atoms with Gasteiger partial charge in [0.2, 0.25) is 0 Å². The van der Waals surface area contributed by atoms with Gasteiger partial charge in [0.25, 0.3) is 0 Å². The van der Waals surface area contributed by atoms with Crippen LogP contribution in [-0.2, 0) is 0 Å². The van der Waals surface area contributed by atoms with Crippen molar-refractivity contribution in [2.24, 2.45) is 10.7 Å². The van der Waals surface area contributed by atoms with Crippen LogP contribution in [0.5, 0.6) is 0 Å². The first kappa shape index (κ1) is 20.5. The van der Waals surface area contributed by atoms with E-state index < -0.39 is 11.6 Å². The predicted octanol–water partition coefficient (Wildman–Crippen LogP) is 5.80. The number of amidine groups is 1. The van der Waals surface area contributed by atoms with Gasteiger partial charge in [-0.05, 0) is 62.2 Å². The number of hydrogen-bond acceptors (Lipinski definition) is 4. The van der Waals surface area contributed by atoms with Gasteiger partial charge < -0.3 is 11.1 Å². The Bertz CT molecular complexity index is 1230. The molecule has 0 bridgehead atoms. The van der Waals surface area contributed by atoms with Crippen LogP contribution in [0.4, 0.5) is 14.5 Å². The van der Waals surface area contributed by atoms with Crippen molar-refractivity contribution in [3.05, 3.63) is 101 Å². The fourth-order valence-electron chi connectivity index (χ4n) is 3.52. The molecular weight excluding hydrogens is 394 g/mol. The summed E-state index contributed by atoms with van der Waals surface area (Å²) in [5.74, 6) is -1.33. The maximum atomic E-state index is 14.5. The summed E-state index contributed by atoms with van der Waals surface area (Å²) in [4.78, 5) is 8.92. The number of fused-ring (bicyclic) bond motifs is 1. The van der Waals surface area contributed by atoms with E-state index in [1.165, 1.54) is 18.2 Å². The molecule has 0 amide bonds. The van der Waals surface area contributed by atoms with E-state index in [-0.39, 0.29) is 11.4 Å². The van der Waals surface area contributed by atoms with Crippen molar-refractivity contribution in [1.29, 1.82) is 0 Å². The van der Waals surface area contributed by atoms with Crippen molar-refractivity contribution in [1.82, 2.24) is 4.98 Å². The van der Waals surface area contributed by atoms with Gasteiger partial charge in [0.1, 0.15) is 17.5 Å². The lowest BCUT2D eigenvalue weighted by Gasteiger charge is -2.14. The Kier molecular flexibility index (Phi) is 5.38. The van der Waals surface area contributed by atoms with Crippen LogP contribution in [0.2, 0.25) is 0 Å². The van der Waals surface area contributed by atoms with Crippen molar-refractivity contribution in [3.8, 4) is 11.1 Å². The smallest absolute Gasteiger partial charge is 0.144 e. The highest BCUT2D eigenvalue weighted by Crippen LogP contribution is 2.35. The van der Waals surface area contributed by atoms with Crippen LogP contribution >= 0.6 is 0 Å². The van der Waals surface area contributed by atoms with E-state index in [1.807, 2.05) is 50.4 Å². The Balaban J connectivity index is 1.92. The van der Waals surface area contributed by atoms with Crippen molar-refractivity contribution in [2.75, 3.05) is 5.32 Å². The number of pyridine rings is 1. The quantitative estimate of drug-likeness (QED) is 0.567. The van der Waals surface area contributed by atoms with Crippen LogP contribution < -0.4 is 11.1 Å². The zero-order valence-electron chi connectivity index (χ0n) is 17.5. The molecule has 0 spiro atoms. The lowest BCUT2D eigenvalue weighted by molar-refractivity contribution is 0.579. The van der Waals surface area contributed by atoms with Crippen LogP contribution in [0.15, 0.2) is 77.2 Å². The van der Waals surface area contributed by atoms with Gasteiger partial charge in [-0.1, -0.05) is 24.3 Å². The van der Waals surface area contributed by atoms with Gasteiger partial charge in [-0.25, -0.2) is 13.8 Å². The van der Waals surface area contributed by atoms with Crippen molar-refractivity contribution in [3.63, 3.8) is 0 Å². The maximum absolute atomic E-state index is 14.5. The molecule has 1 aliphatic heterocycles. The lowest BCUT2D eigenvalue weighted by atomic mass is 9.97. The number of benzene rings is 2. The second kappa shape index (κ2) is 8.14. The molecule has 0 unspecified atom stereocenters. The summed E-state index contributed by atoms with van der Waals surface area (Å²) in [6.07, 6.45) is 3.54. The molecule has 0 aliphatic carbocycles. The molecule has 0 atom stereocenters. The largest absolute Gasteiger partial charge is 0.397 e. The molecule has 1 aromatic heterocycles. The fraction of sp³-hybridized carbons (Fsp3) is 0.120. The van der Waals surface area contributed by atoms with Gasteiger partial charge in [-0.2, -0.15) is 0 Å². The van der Waals surface area contributed by atoms with Gasteiger partial charge in [-0.15, -0.1) is 0 Å². The second-order valence-corrected chi connectivity index (χ2v) is 7.35. The molecular formula is C25H22F2N4. The summed E-state index contributed by atoms with van der Waals surface area (Å²) in [6, 6.07) is 13.5. The number of nitrogens with one attached hydrogen (secondary N) is 1. The average molecular weight is 416 g/mol. The van der Waals surface area contributed by atoms with Gasteiger partial charge in [-0.3, -0.25) is 4.98 Å². The molecule has 0 fully saturated rings. The monoisotopic (exact) mass is 416 g/mol. The van der Waals surface area contributed by atoms with E-state index in [4.69, 9.17) is 5.73 Å². The highest BCUT2D eigenvalue weighted by molar-refractivity contribution is 6.12. The summed E-state index contributed by atoms with van der Waals surface area (Å²) in [7, 11) is 0.